The minimum atomic E-state index is -0.342. The molecule has 2 aromatic heterocycles. The molecule has 1 aliphatic heterocycles. The van der Waals surface area contributed by atoms with Crippen LogP contribution < -0.4 is 10.1 Å². The number of urea groups is 1. The largest absolute Gasteiger partial charge is 0.497 e. The number of thiophene rings is 1. The Balaban J connectivity index is 1.57. The fourth-order valence-electron chi connectivity index (χ4n) is 5.00. The van der Waals surface area contributed by atoms with Gasteiger partial charge in [0, 0.05) is 23.2 Å². The van der Waals surface area contributed by atoms with Crippen molar-refractivity contribution in [1.29, 1.82) is 0 Å². The molecule has 0 spiro atoms. The maximum atomic E-state index is 13.6. The molecule has 3 aromatic rings. The van der Waals surface area contributed by atoms with Gasteiger partial charge < -0.3 is 24.3 Å². The van der Waals surface area contributed by atoms with Gasteiger partial charge in [-0.05, 0) is 61.1 Å². The number of benzene rings is 1. The molecule has 1 N–H and O–H groups in total. The highest BCUT2D eigenvalue weighted by Crippen LogP contribution is 2.44. The lowest BCUT2D eigenvalue weighted by molar-refractivity contribution is -0.140. The third kappa shape index (κ3) is 4.07. The van der Waals surface area contributed by atoms with Crippen LogP contribution >= 0.6 is 11.3 Å². The average Bonchev–Trinajstić information content (AvgIpc) is 3.46. The Morgan fingerprint density at radius 1 is 1.09 bits per heavy atom. The number of aryl methyl sites for hydroxylation is 1. The predicted molar refractivity (Wildman–Crippen MR) is 131 cm³/mol. The SMILES string of the molecule is COC(=O)CCNC(=O)N1Cc2c(sc3c2CCCC3)-n2cccc2[C@H]1c1ccc(OC)cc1. The molecule has 7 nitrogen and oxygen atoms in total. The number of rotatable bonds is 5. The Kier molecular flexibility index (Phi) is 6.32. The molecule has 0 saturated heterocycles. The van der Waals surface area contributed by atoms with E-state index in [0.717, 1.165) is 29.8 Å². The molecular weight excluding hydrogens is 450 g/mol. The number of carbonyl (C=O) groups is 2. The van der Waals surface area contributed by atoms with Crippen molar-refractivity contribution in [3.05, 3.63) is 69.9 Å². The van der Waals surface area contributed by atoms with E-state index >= 15 is 0 Å². The van der Waals surface area contributed by atoms with E-state index in [0.29, 0.717) is 6.54 Å². The number of methoxy groups -OCH3 is 2. The highest BCUT2D eigenvalue weighted by Gasteiger charge is 2.36. The lowest BCUT2D eigenvalue weighted by Crippen LogP contribution is -2.42. The second kappa shape index (κ2) is 9.54. The predicted octanol–water partition coefficient (Wildman–Crippen LogP) is 4.60. The van der Waals surface area contributed by atoms with E-state index in [9.17, 15) is 9.59 Å². The highest BCUT2D eigenvalue weighted by molar-refractivity contribution is 7.15. The zero-order valence-electron chi connectivity index (χ0n) is 19.5. The number of carbonyl (C=O) groups excluding carboxylic acids is 2. The summed E-state index contributed by atoms with van der Waals surface area (Å²) < 4.78 is 12.3. The number of esters is 1. The van der Waals surface area contributed by atoms with E-state index in [1.54, 1.807) is 7.11 Å². The number of nitrogens with zero attached hydrogens (tertiary/aromatic N) is 2. The Hall–Kier alpha value is -3.26. The lowest BCUT2D eigenvalue weighted by Gasteiger charge is -2.31. The lowest BCUT2D eigenvalue weighted by atomic mass is 9.95. The molecule has 2 amide bonds. The van der Waals surface area contributed by atoms with Crippen molar-refractivity contribution >= 4 is 23.3 Å². The summed E-state index contributed by atoms with van der Waals surface area (Å²) in [5.41, 5.74) is 4.71. The highest BCUT2D eigenvalue weighted by atomic mass is 32.1. The molecule has 5 rings (SSSR count). The van der Waals surface area contributed by atoms with Gasteiger partial charge in [-0.2, -0.15) is 0 Å². The zero-order valence-corrected chi connectivity index (χ0v) is 20.3. The van der Waals surface area contributed by atoms with E-state index in [1.807, 2.05) is 46.6 Å². The first kappa shape index (κ1) is 22.5. The quantitative estimate of drug-likeness (QED) is 0.543. The topological polar surface area (TPSA) is 72.8 Å². The number of fused-ring (bicyclic) bond motifs is 5. The normalized spacial score (nSPS) is 16.6. The minimum absolute atomic E-state index is 0.138. The molecule has 178 valence electrons. The van der Waals surface area contributed by atoms with Gasteiger partial charge in [0.05, 0.1) is 38.9 Å². The second-order valence-electron chi connectivity index (χ2n) is 8.66. The van der Waals surface area contributed by atoms with Crippen molar-refractivity contribution < 1.29 is 19.1 Å². The van der Waals surface area contributed by atoms with Crippen molar-refractivity contribution in [2.75, 3.05) is 20.8 Å². The number of amides is 2. The van der Waals surface area contributed by atoms with Crippen LogP contribution in [0.2, 0.25) is 0 Å². The van der Waals surface area contributed by atoms with Gasteiger partial charge in [-0.3, -0.25) is 4.79 Å². The molecule has 1 aromatic carbocycles. The Labute approximate surface area is 203 Å². The van der Waals surface area contributed by atoms with Crippen LogP contribution in [0.1, 0.15) is 52.6 Å². The summed E-state index contributed by atoms with van der Waals surface area (Å²) in [7, 11) is 3.00. The van der Waals surface area contributed by atoms with Crippen LogP contribution in [0, 0.1) is 0 Å². The van der Waals surface area contributed by atoms with Crippen molar-refractivity contribution in [2.45, 2.75) is 44.7 Å². The minimum Gasteiger partial charge on any atom is -0.497 e. The maximum Gasteiger partial charge on any atom is 0.318 e. The van der Waals surface area contributed by atoms with Crippen molar-refractivity contribution in [3.63, 3.8) is 0 Å². The van der Waals surface area contributed by atoms with Gasteiger partial charge in [0.2, 0.25) is 0 Å². The van der Waals surface area contributed by atoms with Crippen LogP contribution in [0.5, 0.6) is 5.75 Å². The molecule has 34 heavy (non-hydrogen) atoms. The van der Waals surface area contributed by atoms with Gasteiger partial charge >= 0.3 is 12.0 Å². The molecule has 0 radical (unpaired) electrons. The van der Waals surface area contributed by atoms with Crippen LogP contribution in [-0.2, 0) is 28.9 Å². The molecule has 0 saturated carbocycles. The number of hydrogen-bond acceptors (Lipinski definition) is 5. The fourth-order valence-corrected chi connectivity index (χ4v) is 6.40. The van der Waals surface area contributed by atoms with Crippen molar-refractivity contribution in [2.24, 2.45) is 0 Å². The van der Waals surface area contributed by atoms with Gasteiger partial charge in [-0.15, -0.1) is 11.3 Å². The first-order chi connectivity index (χ1) is 16.6. The Morgan fingerprint density at radius 2 is 1.88 bits per heavy atom. The molecule has 3 heterocycles. The third-order valence-electron chi connectivity index (χ3n) is 6.70. The van der Waals surface area contributed by atoms with E-state index < -0.39 is 0 Å². The molecule has 0 bridgehead atoms. The number of ether oxygens (including phenoxy) is 2. The van der Waals surface area contributed by atoms with Gasteiger partial charge in [-0.1, -0.05) is 12.1 Å². The van der Waals surface area contributed by atoms with Crippen LogP contribution in [-0.4, -0.2) is 42.2 Å². The zero-order chi connectivity index (χ0) is 23.7. The third-order valence-corrected chi connectivity index (χ3v) is 8.04. The van der Waals surface area contributed by atoms with Crippen molar-refractivity contribution in [1.82, 2.24) is 14.8 Å². The molecule has 1 atom stereocenters. The van der Waals surface area contributed by atoms with E-state index in [1.165, 1.54) is 41.0 Å². The first-order valence-corrected chi connectivity index (χ1v) is 12.5. The van der Waals surface area contributed by atoms with Gasteiger partial charge in [0.1, 0.15) is 10.8 Å². The van der Waals surface area contributed by atoms with Crippen molar-refractivity contribution in [3.8, 4) is 10.8 Å². The first-order valence-electron chi connectivity index (χ1n) is 11.7. The summed E-state index contributed by atoms with van der Waals surface area (Å²) >= 11 is 1.86. The standard InChI is InChI=1S/C26H29N3O4S/c1-32-18-11-9-17(10-12-18)24-21-7-5-15-28(21)25-20(19-6-3-4-8-22(19)34-25)16-29(24)26(31)27-14-13-23(30)33-2/h5,7,9-12,15,24H,3-4,6,8,13-14,16H2,1-2H3,(H,27,31)/t24-/m1/s1. The van der Waals surface area contributed by atoms with Crippen LogP contribution in [0.3, 0.4) is 0 Å². The maximum absolute atomic E-state index is 13.6. The number of aromatic nitrogens is 1. The van der Waals surface area contributed by atoms with E-state index in [4.69, 9.17) is 9.47 Å². The molecule has 0 fully saturated rings. The average molecular weight is 480 g/mol. The summed E-state index contributed by atoms with van der Waals surface area (Å²) in [4.78, 5) is 28.5. The van der Waals surface area contributed by atoms with Crippen LogP contribution in [0.4, 0.5) is 4.79 Å². The van der Waals surface area contributed by atoms with Gasteiger partial charge in [0.25, 0.3) is 0 Å². The molecule has 8 heteroatoms. The second-order valence-corrected chi connectivity index (χ2v) is 9.74. The smallest absolute Gasteiger partial charge is 0.318 e. The molecule has 0 unspecified atom stereocenters. The molecule has 1 aliphatic carbocycles. The number of hydrogen-bond donors (Lipinski definition) is 1. The summed E-state index contributed by atoms with van der Waals surface area (Å²) in [6, 6.07) is 11.6. The Bertz CT molecular complexity index is 1200. The fraction of sp³-hybridized carbons (Fsp3) is 0.385. The van der Waals surface area contributed by atoms with Gasteiger partial charge in [-0.25, -0.2) is 4.79 Å². The van der Waals surface area contributed by atoms with Crippen LogP contribution in [0.15, 0.2) is 42.6 Å². The number of nitrogens with one attached hydrogen (secondary N) is 1. The van der Waals surface area contributed by atoms with E-state index in [-0.39, 0.29) is 31.0 Å². The monoisotopic (exact) mass is 479 g/mol. The molecular formula is C26H29N3O4S. The summed E-state index contributed by atoms with van der Waals surface area (Å²) in [6.07, 6.45) is 6.81. The summed E-state index contributed by atoms with van der Waals surface area (Å²) in [5.74, 6) is 0.431. The van der Waals surface area contributed by atoms with Crippen LogP contribution in [0.25, 0.3) is 5.00 Å². The van der Waals surface area contributed by atoms with E-state index in [2.05, 4.69) is 22.1 Å². The van der Waals surface area contributed by atoms with Gasteiger partial charge in [0.15, 0.2) is 0 Å². The summed E-state index contributed by atoms with van der Waals surface area (Å²) in [5, 5.41) is 4.17. The summed E-state index contributed by atoms with van der Waals surface area (Å²) in [6.45, 7) is 0.747. The Morgan fingerprint density at radius 3 is 2.65 bits per heavy atom. The molecule has 2 aliphatic rings.